The van der Waals surface area contributed by atoms with Crippen LogP contribution in [0.25, 0.3) is 0 Å². The molecule has 2 fully saturated rings. The maximum absolute atomic E-state index is 9.54. The third kappa shape index (κ3) is 3.88. The Hall–Kier alpha value is -2.85. The molecule has 2 aliphatic rings. The molecule has 0 amide bonds. The van der Waals surface area contributed by atoms with Crippen molar-refractivity contribution in [1.29, 1.82) is 5.26 Å². The van der Waals surface area contributed by atoms with Gasteiger partial charge in [0.1, 0.15) is 11.8 Å². The van der Waals surface area contributed by atoms with Crippen LogP contribution < -0.4 is 14.4 Å². The van der Waals surface area contributed by atoms with E-state index in [2.05, 4.69) is 43.8 Å². The number of rotatable bonds is 7. The molecule has 1 aliphatic heterocycles. The Bertz CT molecular complexity index is 1040. The highest BCUT2D eigenvalue weighted by atomic mass is 16.5. The normalized spacial score (nSPS) is 20.8. The molecule has 34 heavy (non-hydrogen) atoms. The Morgan fingerprint density at radius 1 is 1.09 bits per heavy atom. The van der Waals surface area contributed by atoms with E-state index >= 15 is 0 Å². The zero-order valence-corrected chi connectivity index (χ0v) is 21.0. The summed E-state index contributed by atoms with van der Waals surface area (Å²) in [7, 11) is 1.56. The van der Waals surface area contributed by atoms with E-state index in [1.54, 1.807) is 13.2 Å². The number of nitriles is 1. The van der Waals surface area contributed by atoms with E-state index in [1.807, 2.05) is 24.3 Å². The molecule has 4 rings (SSSR count). The molecule has 2 heterocycles. The first kappa shape index (κ1) is 24.3. The number of para-hydroxylation sites is 1. The van der Waals surface area contributed by atoms with Gasteiger partial charge in [0.2, 0.25) is 0 Å². The average Bonchev–Trinajstić information content (AvgIpc) is 2.82. The van der Waals surface area contributed by atoms with E-state index in [-0.39, 0.29) is 17.4 Å². The lowest BCUT2D eigenvalue weighted by Crippen LogP contribution is -2.67. The fraction of sp³-hybridized carbons (Fsp3) is 0.593. The predicted molar refractivity (Wildman–Crippen MR) is 131 cm³/mol. The smallest absolute Gasteiger partial charge is 0.178 e. The van der Waals surface area contributed by atoms with Gasteiger partial charge in [-0.1, -0.05) is 33.8 Å². The molecule has 0 unspecified atom stereocenters. The van der Waals surface area contributed by atoms with Gasteiger partial charge in [-0.05, 0) is 55.9 Å². The molecule has 1 saturated heterocycles. The van der Waals surface area contributed by atoms with Gasteiger partial charge in [0, 0.05) is 30.5 Å². The summed E-state index contributed by atoms with van der Waals surface area (Å²) in [5.74, 6) is 2.44. The highest BCUT2D eigenvalue weighted by Crippen LogP contribution is 2.68. The van der Waals surface area contributed by atoms with Crippen molar-refractivity contribution in [3.8, 4) is 17.6 Å². The van der Waals surface area contributed by atoms with Crippen molar-refractivity contribution < 1.29 is 14.6 Å². The quantitative estimate of drug-likeness (QED) is 0.636. The number of nitrogens with zero attached hydrogens (tertiary/aromatic N) is 4. The van der Waals surface area contributed by atoms with Crippen LogP contribution in [0, 0.1) is 28.1 Å². The highest BCUT2D eigenvalue weighted by molar-refractivity contribution is 5.53. The maximum Gasteiger partial charge on any atom is 0.178 e. The molecular formula is C27H36N4O3. The third-order valence-corrected chi connectivity index (χ3v) is 7.84. The van der Waals surface area contributed by atoms with Crippen LogP contribution in [0.1, 0.15) is 64.6 Å². The van der Waals surface area contributed by atoms with Crippen LogP contribution in [0.3, 0.4) is 0 Å². The molecule has 0 spiro atoms. The van der Waals surface area contributed by atoms with Gasteiger partial charge in [0.25, 0.3) is 0 Å². The van der Waals surface area contributed by atoms with Crippen LogP contribution in [0.4, 0.5) is 5.82 Å². The second-order valence-electron chi connectivity index (χ2n) is 10.9. The van der Waals surface area contributed by atoms with Gasteiger partial charge in [-0.3, -0.25) is 0 Å². The summed E-state index contributed by atoms with van der Waals surface area (Å²) in [6.07, 6.45) is 3.96. The molecule has 0 atom stereocenters. The molecule has 1 aromatic carbocycles. The SMILES string of the molecule is COc1c(C#N)cccc1OC1(c2ccc(N3CCC(CCO)CC3)nn2)C(C)(C)CC1(C)C. The Kier molecular flexibility index (Phi) is 6.48. The van der Waals surface area contributed by atoms with E-state index in [9.17, 15) is 10.4 Å². The van der Waals surface area contributed by atoms with Crippen molar-refractivity contribution >= 4 is 5.82 Å². The van der Waals surface area contributed by atoms with E-state index in [0.717, 1.165) is 50.3 Å². The first-order valence-corrected chi connectivity index (χ1v) is 12.2. The van der Waals surface area contributed by atoms with Crippen LogP contribution in [-0.2, 0) is 5.60 Å². The molecular weight excluding hydrogens is 428 g/mol. The van der Waals surface area contributed by atoms with Gasteiger partial charge in [-0.15, -0.1) is 10.2 Å². The van der Waals surface area contributed by atoms with Gasteiger partial charge in [0.05, 0.1) is 12.7 Å². The first-order chi connectivity index (χ1) is 16.2. The van der Waals surface area contributed by atoms with E-state index in [0.29, 0.717) is 23.0 Å². The second-order valence-corrected chi connectivity index (χ2v) is 10.9. The molecule has 2 aromatic rings. The average molecular weight is 465 g/mol. The molecule has 1 N–H and O–H groups in total. The fourth-order valence-corrected chi connectivity index (χ4v) is 6.56. The molecule has 7 heteroatoms. The minimum atomic E-state index is -0.735. The summed E-state index contributed by atoms with van der Waals surface area (Å²) in [4.78, 5) is 2.27. The highest BCUT2D eigenvalue weighted by Gasteiger charge is 2.69. The minimum absolute atomic E-state index is 0.205. The summed E-state index contributed by atoms with van der Waals surface area (Å²) in [6.45, 7) is 10.9. The van der Waals surface area contributed by atoms with Crippen molar-refractivity contribution in [3.05, 3.63) is 41.6 Å². The van der Waals surface area contributed by atoms with Crippen molar-refractivity contribution in [2.75, 3.05) is 31.7 Å². The second kappa shape index (κ2) is 9.07. The van der Waals surface area contributed by atoms with Crippen molar-refractivity contribution in [3.63, 3.8) is 0 Å². The first-order valence-electron chi connectivity index (χ1n) is 12.2. The van der Waals surface area contributed by atoms with E-state index in [4.69, 9.17) is 14.6 Å². The Labute approximate surface area is 202 Å². The lowest BCUT2D eigenvalue weighted by molar-refractivity contribution is -0.241. The number of aliphatic hydroxyl groups excluding tert-OH is 1. The number of hydrogen-bond acceptors (Lipinski definition) is 7. The van der Waals surface area contributed by atoms with Gasteiger partial charge >= 0.3 is 0 Å². The van der Waals surface area contributed by atoms with Crippen molar-refractivity contribution in [2.24, 2.45) is 16.7 Å². The molecule has 182 valence electrons. The third-order valence-electron chi connectivity index (χ3n) is 7.84. The number of anilines is 1. The molecule has 0 bridgehead atoms. The monoisotopic (exact) mass is 464 g/mol. The number of piperidine rings is 1. The van der Waals surface area contributed by atoms with Crippen molar-refractivity contribution in [1.82, 2.24) is 10.2 Å². The Morgan fingerprint density at radius 3 is 2.32 bits per heavy atom. The topological polar surface area (TPSA) is 91.5 Å². The largest absolute Gasteiger partial charge is 0.492 e. The summed E-state index contributed by atoms with van der Waals surface area (Å²) in [6, 6.07) is 11.7. The van der Waals surface area contributed by atoms with Crippen LogP contribution >= 0.6 is 0 Å². The molecule has 1 aromatic heterocycles. The fourth-order valence-electron chi connectivity index (χ4n) is 6.56. The van der Waals surface area contributed by atoms with Crippen LogP contribution in [-0.4, -0.2) is 42.1 Å². The number of aliphatic hydroxyl groups is 1. The summed E-state index contributed by atoms with van der Waals surface area (Å²) < 4.78 is 12.4. The van der Waals surface area contributed by atoms with Gasteiger partial charge < -0.3 is 19.5 Å². The lowest BCUT2D eigenvalue weighted by atomic mass is 9.43. The Morgan fingerprint density at radius 2 is 1.79 bits per heavy atom. The summed E-state index contributed by atoms with van der Waals surface area (Å²) in [5, 5.41) is 28.1. The van der Waals surface area contributed by atoms with Crippen LogP contribution in [0.2, 0.25) is 0 Å². The minimum Gasteiger partial charge on any atom is -0.492 e. The summed E-state index contributed by atoms with van der Waals surface area (Å²) in [5.41, 5.74) is 0.0840. The van der Waals surface area contributed by atoms with Crippen LogP contribution in [0.15, 0.2) is 30.3 Å². The number of methoxy groups -OCH3 is 1. The molecule has 7 nitrogen and oxygen atoms in total. The number of benzene rings is 1. The molecule has 1 aliphatic carbocycles. The zero-order chi connectivity index (χ0) is 24.6. The van der Waals surface area contributed by atoms with Gasteiger partial charge in [0.15, 0.2) is 22.9 Å². The number of hydrogen-bond donors (Lipinski definition) is 1. The van der Waals surface area contributed by atoms with Gasteiger partial charge in [-0.2, -0.15) is 5.26 Å². The lowest BCUT2D eigenvalue weighted by Gasteiger charge is -2.65. The van der Waals surface area contributed by atoms with E-state index < -0.39 is 5.60 Å². The molecule has 0 radical (unpaired) electrons. The van der Waals surface area contributed by atoms with Crippen LogP contribution in [0.5, 0.6) is 11.5 Å². The number of ether oxygens (including phenoxy) is 2. The predicted octanol–water partition coefficient (Wildman–Crippen LogP) is 4.69. The zero-order valence-electron chi connectivity index (χ0n) is 21.0. The van der Waals surface area contributed by atoms with E-state index in [1.165, 1.54) is 0 Å². The van der Waals surface area contributed by atoms with Gasteiger partial charge in [-0.25, -0.2) is 0 Å². The standard InChI is InChI=1S/C27H36N4O3/c1-25(2)18-26(3,4)27(25,34-21-8-6-7-20(17-28)24(21)33-5)22-9-10-23(30-29-22)31-14-11-19(12-15-31)13-16-32/h6-10,19,32H,11-16,18H2,1-5H3. The summed E-state index contributed by atoms with van der Waals surface area (Å²) >= 11 is 0. The molecule has 1 saturated carbocycles. The Balaban J connectivity index is 1.67. The maximum atomic E-state index is 9.54. The van der Waals surface area contributed by atoms with Crippen molar-refractivity contribution in [2.45, 2.75) is 59.0 Å². The number of aromatic nitrogens is 2.